The predicted molar refractivity (Wildman–Crippen MR) is 87.7 cm³/mol. The largest absolute Gasteiger partial charge is 0.337 e. The molecule has 1 aromatic rings. The molecule has 0 atom stereocenters. The molecule has 8 heteroatoms. The lowest BCUT2D eigenvalue weighted by atomic mass is 10.0. The second-order valence-corrected chi connectivity index (χ2v) is 6.47. The first-order chi connectivity index (χ1) is 11.6. The molecule has 0 unspecified atom stereocenters. The van der Waals surface area contributed by atoms with Crippen LogP contribution in [-0.4, -0.2) is 52.2 Å². The van der Waals surface area contributed by atoms with Gasteiger partial charge in [-0.15, -0.1) is 0 Å². The zero-order chi connectivity index (χ0) is 16.9. The maximum absolute atomic E-state index is 12.3. The first-order valence-electron chi connectivity index (χ1n) is 8.54. The third-order valence-electron chi connectivity index (χ3n) is 4.71. The quantitative estimate of drug-likeness (QED) is 0.753. The summed E-state index contributed by atoms with van der Waals surface area (Å²) in [7, 11) is 0. The molecular formula is C16H23N5O3. The van der Waals surface area contributed by atoms with Crippen LogP contribution in [0.1, 0.15) is 49.0 Å². The highest BCUT2D eigenvalue weighted by Gasteiger charge is 2.26. The monoisotopic (exact) mass is 333 g/mol. The number of nitrogens with zero attached hydrogens (tertiary/aromatic N) is 2. The van der Waals surface area contributed by atoms with E-state index in [2.05, 4.69) is 20.8 Å². The van der Waals surface area contributed by atoms with Gasteiger partial charge >= 0.3 is 6.03 Å². The van der Waals surface area contributed by atoms with E-state index in [1.54, 1.807) is 4.90 Å². The topological polar surface area (TPSA) is 107 Å². The Balaban J connectivity index is 1.45. The Morgan fingerprint density at radius 3 is 2.25 bits per heavy atom. The van der Waals surface area contributed by atoms with Crippen LogP contribution < -0.4 is 16.2 Å². The van der Waals surface area contributed by atoms with Gasteiger partial charge in [-0.25, -0.2) is 9.89 Å². The van der Waals surface area contributed by atoms with Gasteiger partial charge in [-0.3, -0.25) is 9.59 Å². The van der Waals surface area contributed by atoms with Crippen LogP contribution in [0.2, 0.25) is 0 Å². The van der Waals surface area contributed by atoms with E-state index in [4.69, 9.17) is 0 Å². The number of hydrogen-bond donors (Lipinski definition) is 3. The van der Waals surface area contributed by atoms with Gasteiger partial charge in [-0.1, -0.05) is 12.8 Å². The highest BCUT2D eigenvalue weighted by atomic mass is 16.2. The summed E-state index contributed by atoms with van der Waals surface area (Å²) in [5, 5.41) is 12.1. The lowest BCUT2D eigenvalue weighted by Crippen LogP contribution is -2.50. The van der Waals surface area contributed by atoms with Gasteiger partial charge in [0.1, 0.15) is 5.69 Å². The Labute approximate surface area is 140 Å². The van der Waals surface area contributed by atoms with Gasteiger partial charge in [0, 0.05) is 31.2 Å². The predicted octanol–water partition coefficient (Wildman–Crippen LogP) is 0.616. The summed E-state index contributed by atoms with van der Waals surface area (Å²) in [6.45, 7) is 1.13. The van der Waals surface area contributed by atoms with Crippen molar-refractivity contribution in [3.63, 3.8) is 0 Å². The number of carbonyl (C=O) groups is 2. The van der Waals surface area contributed by atoms with Crippen molar-refractivity contribution in [2.24, 2.45) is 0 Å². The number of carbonyl (C=O) groups excluding carboxylic acids is 2. The minimum absolute atomic E-state index is 0.0824. The minimum Gasteiger partial charge on any atom is -0.337 e. The van der Waals surface area contributed by atoms with E-state index in [0.717, 1.165) is 12.8 Å². The molecule has 2 heterocycles. The highest BCUT2D eigenvalue weighted by Crippen LogP contribution is 2.18. The van der Waals surface area contributed by atoms with Gasteiger partial charge in [0.25, 0.3) is 11.5 Å². The van der Waals surface area contributed by atoms with Crippen molar-refractivity contribution in [1.82, 2.24) is 25.7 Å². The van der Waals surface area contributed by atoms with Crippen LogP contribution in [0.15, 0.2) is 16.9 Å². The maximum Gasteiger partial charge on any atom is 0.315 e. The minimum atomic E-state index is -0.331. The van der Waals surface area contributed by atoms with Crippen LogP contribution >= 0.6 is 0 Å². The fourth-order valence-corrected chi connectivity index (χ4v) is 3.34. The molecule has 8 nitrogen and oxygen atoms in total. The summed E-state index contributed by atoms with van der Waals surface area (Å²) >= 11 is 0. The summed E-state index contributed by atoms with van der Waals surface area (Å²) in [5.41, 5.74) is -0.0947. The summed E-state index contributed by atoms with van der Waals surface area (Å²) < 4.78 is 0. The molecule has 3 rings (SSSR count). The van der Waals surface area contributed by atoms with Crippen molar-refractivity contribution in [3.8, 4) is 0 Å². The molecule has 0 aromatic carbocycles. The van der Waals surface area contributed by atoms with Crippen LogP contribution in [-0.2, 0) is 0 Å². The van der Waals surface area contributed by atoms with Crippen molar-refractivity contribution in [1.29, 1.82) is 0 Å². The molecule has 3 amide bonds. The van der Waals surface area contributed by atoms with Gasteiger partial charge in [0.2, 0.25) is 0 Å². The standard InChI is InChI=1S/C16H23N5O3/c22-14-6-5-13(19-20-14)15(23)21-9-7-12(8-10-21)18-16(24)17-11-3-1-2-4-11/h5-6,11-12H,1-4,7-10H2,(H,20,22)(H2,17,18,24). The van der Waals surface area contributed by atoms with Gasteiger partial charge in [0.05, 0.1) is 0 Å². The van der Waals surface area contributed by atoms with E-state index in [9.17, 15) is 14.4 Å². The molecule has 1 aliphatic heterocycles. The third kappa shape index (κ3) is 4.12. The van der Waals surface area contributed by atoms with E-state index in [-0.39, 0.29) is 29.2 Å². The average Bonchev–Trinajstić information content (AvgIpc) is 3.08. The van der Waals surface area contributed by atoms with Crippen molar-refractivity contribution in [2.45, 2.75) is 50.6 Å². The number of aromatic nitrogens is 2. The number of aromatic amines is 1. The smallest absolute Gasteiger partial charge is 0.315 e. The van der Waals surface area contributed by atoms with Crippen molar-refractivity contribution >= 4 is 11.9 Å². The number of likely N-dealkylation sites (tertiary alicyclic amines) is 1. The van der Waals surface area contributed by atoms with Crippen LogP contribution in [0.25, 0.3) is 0 Å². The molecule has 130 valence electrons. The summed E-state index contributed by atoms with van der Waals surface area (Å²) in [6, 6.07) is 3.01. The van der Waals surface area contributed by atoms with Gasteiger partial charge in [-0.05, 0) is 31.7 Å². The molecule has 0 radical (unpaired) electrons. The van der Waals surface area contributed by atoms with E-state index in [0.29, 0.717) is 32.0 Å². The van der Waals surface area contributed by atoms with Gasteiger partial charge in [-0.2, -0.15) is 5.10 Å². The number of amides is 3. The number of hydrogen-bond acceptors (Lipinski definition) is 4. The van der Waals surface area contributed by atoms with Crippen molar-refractivity contribution in [2.75, 3.05) is 13.1 Å². The number of nitrogens with one attached hydrogen (secondary N) is 3. The molecule has 1 aliphatic carbocycles. The second-order valence-electron chi connectivity index (χ2n) is 6.47. The SMILES string of the molecule is O=C(NC1CCCC1)NC1CCN(C(=O)c2ccc(=O)[nH]n2)CC1. The molecular weight excluding hydrogens is 310 g/mol. The fourth-order valence-electron chi connectivity index (χ4n) is 3.34. The van der Waals surface area contributed by atoms with E-state index < -0.39 is 0 Å². The van der Waals surface area contributed by atoms with Gasteiger partial charge < -0.3 is 15.5 Å². The Morgan fingerprint density at radius 2 is 1.67 bits per heavy atom. The van der Waals surface area contributed by atoms with Crippen molar-refractivity contribution < 1.29 is 9.59 Å². The van der Waals surface area contributed by atoms with E-state index in [1.807, 2.05) is 0 Å². The number of piperidine rings is 1. The summed E-state index contributed by atoms with van der Waals surface area (Å²) in [4.78, 5) is 37.0. The third-order valence-corrected chi connectivity index (χ3v) is 4.71. The summed E-state index contributed by atoms with van der Waals surface area (Å²) in [6.07, 6.45) is 5.92. The van der Waals surface area contributed by atoms with Gasteiger partial charge in [0.15, 0.2) is 0 Å². The lowest BCUT2D eigenvalue weighted by Gasteiger charge is -2.32. The maximum atomic E-state index is 12.3. The number of urea groups is 1. The fraction of sp³-hybridized carbons (Fsp3) is 0.625. The van der Waals surface area contributed by atoms with E-state index >= 15 is 0 Å². The lowest BCUT2D eigenvalue weighted by molar-refractivity contribution is 0.0701. The molecule has 2 aliphatic rings. The Hall–Kier alpha value is -2.38. The molecule has 1 aromatic heterocycles. The first kappa shape index (κ1) is 16.5. The number of rotatable bonds is 3. The zero-order valence-electron chi connectivity index (χ0n) is 13.6. The normalized spacial score (nSPS) is 19.2. The molecule has 3 N–H and O–H groups in total. The Kier molecular flexibility index (Phi) is 5.12. The molecule has 1 saturated carbocycles. The molecule has 0 spiro atoms. The van der Waals surface area contributed by atoms with Crippen LogP contribution in [0, 0.1) is 0 Å². The molecule has 24 heavy (non-hydrogen) atoms. The Bertz CT molecular complexity index is 625. The average molecular weight is 333 g/mol. The first-order valence-corrected chi connectivity index (χ1v) is 8.54. The highest BCUT2D eigenvalue weighted by molar-refractivity contribution is 5.92. The van der Waals surface area contributed by atoms with E-state index in [1.165, 1.54) is 25.0 Å². The Morgan fingerprint density at radius 1 is 1.04 bits per heavy atom. The van der Waals surface area contributed by atoms with Crippen LogP contribution in [0.5, 0.6) is 0 Å². The number of H-pyrrole nitrogens is 1. The summed E-state index contributed by atoms with van der Waals surface area (Å²) in [5.74, 6) is -0.194. The van der Waals surface area contributed by atoms with Crippen LogP contribution in [0.4, 0.5) is 4.79 Å². The zero-order valence-corrected chi connectivity index (χ0v) is 13.6. The molecule has 0 bridgehead atoms. The molecule has 1 saturated heterocycles. The second kappa shape index (κ2) is 7.46. The molecule has 2 fully saturated rings. The van der Waals surface area contributed by atoms with Crippen LogP contribution in [0.3, 0.4) is 0 Å². The van der Waals surface area contributed by atoms with Crippen molar-refractivity contribution in [3.05, 3.63) is 28.2 Å².